The monoisotopic (exact) mass is 320 g/mol. The van der Waals surface area contributed by atoms with E-state index in [1.807, 2.05) is 0 Å². The third kappa shape index (κ3) is 2.39. The van der Waals surface area contributed by atoms with Gasteiger partial charge in [0.1, 0.15) is 0 Å². The van der Waals surface area contributed by atoms with Crippen molar-refractivity contribution < 1.29 is 0 Å². The fraction of sp³-hybridized carbons (Fsp3) is 0. The highest BCUT2D eigenvalue weighted by molar-refractivity contribution is 6.43. The fourth-order valence-corrected chi connectivity index (χ4v) is 2.33. The number of rotatable bonds is 2. The lowest BCUT2D eigenvalue weighted by atomic mass is 10.1. The molecule has 0 bridgehead atoms. The van der Waals surface area contributed by atoms with Gasteiger partial charge in [-0.25, -0.2) is 0 Å². The van der Waals surface area contributed by atoms with Crippen molar-refractivity contribution in [2.24, 2.45) is 0 Å². The maximum absolute atomic E-state index is 6.21. The van der Waals surface area contributed by atoms with E-state index in [1.165, 1.54) is 4.68 Å². The Morgan fingerprint density at radius 2 is 1.86 bits per heavy atom. The van der Waals surface area contributed by atoms with Crippen LogP contribution < -0.4 is 11.5 Å². The number of aromatic nitrogens is 4. The van der Waals surface area contributed by atoms with Gasteiger partial charge in [-0.15, -0.1) is 5.10 Å². The summed E-state index contributed by atoms with van der Waals surface area (Å²) in [7, 11) is 0. The van der Waals surface area contributed by atoms with Gasteiger partial charge in [-0.05, 0) is 40.8 Å². The number of benzene rings is 2. The predicted molar refractivity (Wildman–Crippen MR) is 83.4 cm³/mol. The summed E-state index contributed by atoms with van der Waals surface area (Å²) >= 11 is 12.2. The second-order valence-electron chi connectivity index (χ2n) is 4.33. The van der Waals surface area contributed by atoms with Crippen molar-refractivity contribution in [1.82, 2.24) is 20.2 Å². The molecule has 0 aliphatic carbocycles. The van der Waals surface area contributed by atoms with Crippen LogP contribution in [0.15, 0.2) is 36.4 Å². The molecule has 2 aromatic carbocycles. The molecule has 0 unspecified atom stereocenters. The topological polar surface area (TPSA) is 95.6 Å². The van der Waals surface area contributed by atoms with Gasteiger partial charge in [0.25, 0.3) is 0 Å². The second-order valence-corrected chi connectivity index (χ2v) is 5.12. The van der Waals surface area contributed by atoms with E-state index in [1.54, 1.807) is 36.4 Å². The minimum absolute atomic E-state index is 0.363. The molecule has 0 aliphatic heterocycles. The zero-order chi connectivity index (χ0) is 15.0. The van der Waals surface area contributed by atoms with E-state index < -0.39 is 0 Å². The average Bonchev–Trinajstić information content (AvgIpc) is 2.91. The number of nitrogen functional groups attached to an aromatic ring is 2. The quantitative estimate of drug-likeness (QED) is 0.708. The lowest BCUT2D eigenvalue weighted by Gasteiger charge is -2.09. The van der Waals surface area contributed by atoms with Gasteiger partial charge in [-0.3, -0.25) is 0 Å². The van der Waals surface area contributed by atoms with Gasteiger partial charge in [-0.2, -0.15) is 4.68 Å². The van der Waals surface area contributed by atoms with Crippen molar-refractivity contribution in [3.63, 3.8) is 0 Å². The highest BCUT2D eigenvalue weighted by Crippen LogP contribution is 2.32. The molecule has 0 saturated heterocycles. The van der Waals surface area contributed by atoms with Gasteiger partial charge in [0.2, 0.25) is 0 Å². The molecule has 3 aromatic rings. The average molecular weight is 321 g/mol. The Morgan fingerprint density at radius 1 is 1.05 bits per heavy atom. The summed E-state index contributed by atoms with van der Waals surface area (Å²) < 4.78 is 1.48. The molecule has 0 aliphatic rings. The van der Waals surface area contributed by atoms with E-state index in [0.29, 0.717) is 38.5 Å². The minimum atomic E-state index is 0.363. The molecule has 8 heteroatoms. The number of anilines is 2. The first-order chi connectivity index (χ1) is 10.1. The van der Waals surface area contributed by atoms with Crippen LogP contribution in [0.4, 0.5) is 11.4 Å². The second kappa shape index (κ2) is 5.23. The van der Waals surface area contributed by atoms with E-state index in [2.05, 4.69) is 15.5 Å². The smallest absolute Gasteiger partial charge is 0.189 e. The number of hydrogen-bond acceptors (Lipinski definition) is 5. The highest BCUT2D eigenvalue weighted by Gasteiger charge is 2.16. The largest absolute Gasteiger partial charge is 0.399 e. The first kappa shape index (κ1) is 13.7. The van der Waals surface area contributed by atoms with Crippen molar-refractivity contribution in [2.75, 3.05) is 11.5 Å². The summed E-state index contributed by atoms with van der Waals surface area (Å²) in [5, 5.41) is 12.4. The van der Waals surface area contributed by atoms with Crippen LogP contribution in [0.5, 0.6) is 0 Å². The van der Waals surface area contributed by atoms with Crippen molar-refractivity contribution in [3.05, 3.63) is 46.4 Å². The standard InChI is InChI=1S/C13H10Cl2N6/c14-9-2-1-3-11(12(9)15)21-13(18-19-20-21)8-5-4-7(16)6-10(8)17/h1-6H,16-17H2. The molecule has 0 fully saturated rings. The lowest BCUT2D eigenvalue weighted by molar-refractivity contribution is 0.791. The minimum Gasteiger partial charge on any atom is -0.399 e. The lowest BCUT2D eigenvalue weighted by Crippen LogP contribution is -2.03. The summed E-state index contributed by atoms with van der Waals surface area (Å²) in [6, 6.07) is 10.3. The summed E-state index contributed by atoms with van der Waals surface area (Å²) in [4.78, 5) is 0. The molecule has 4 N–H and O–H groups in total. The van der Waals surface area contributed by atoms with E-state index in [-0.39, 0.29) is 0 Å². The van der Waals surface area contributed by atoms with Crippen LogP contribution in [0, 0.1) is 0 Å². The maximum Gasteiger partial charge on any atom is 0.189 e. The SMILES string of the molecule is Nc1ccc(-c2nnnn2-c2cccc(Cl)c2Cl)c(N)c1. The molecule has 6 nitrogen and oxygen atoms in total. The summed E-state index contributed by atoms with van der Waals surface area (Å²) in [5.74, 6) is 0.455. The van der Waals surface area contributed by atoms with Crippen LogP contribution in [0.1, 0.15) is 0 Å². The van der Waals surface area contributed by atoms with E-state index >= 15 is 0 Å². The van der Waals surface area contributed by atoms with Crippen LogP contribution in [0.25, 0.3) is 17.1 Å². The molecule has 3 rings (SSSR count). The molecule has 0 saturated carbocycles. The van der Waals surface area contributed by atoms with Crippen LogP contribution in [-0.2, 0) is 0 Å². The summed E-state index contributed by atoms with van der Waals surface area (Å²) in [5.41, 5.74) is 13.9. The Hall–Kier alpha value is -2.31. The predicted octanol–water partition coefficient (Wildman–Crippen LogP) is 2.80. The van der Waals surface area contributed by atoms with Gasteiger partial charge in [0.15, 0.2) is 5.82 Å². The molecule has 0 spiro atoms. The van der Waals surface area contributed by atoms with Gasteiger partial charge >= 0.3 is 0 Å². The first-order valence-electron chi connectivity index (χ1n) is 5.96. The third-order valence-electron chi connectivity index (χ3n) is 2.95. The number of hydrogen-bond donors (Lipinski definition) is 2. The maximum atomic E-state index is 6.21. The zero-order valence-electron chi connectivity index (χ0n) is 10.7. The number of halogens is 2. The molecule has 21 heavy (non-hydrogen) atoms. The molecule has 106 valence electrons. The normalized spacial score (nSPS) is 10.8. The first-order valence-corrected chi connectivity index (χ1v) is 6.71. The summed E-state index contributed by atoms with van der Waals surface area (Å²) in [6.07, 6.45) is 0. The van der Waals surface area contributed by atoms with Gasteiger partial charge in [0, 0.05) is 16.9 Å². The molecule has 0 amide bonds. The molecule has 0 atom stereocenters. The number of nitrogens with two attached hydrogens (primary N) is 2. The van der Waals surface area contributed by atoms with Crippen LogP contribution in [0.3, 0.4) is 0 Å². The highest BCUT2D eigenvalue weighted by atomic mass is 35.5. The van der Waals surface area contributed by atoms with Crippen molar-refractivity contribution in [1.29, 1.82) is 0 Å². The van der Waals surface area contributed by atoms with Crippen molar-refractivity contribution in [2.45, 2.75) is 0 Å². The van der Waals surface area contributed by atoms with Gasteiger partial charge in [0.05, 0.1) is 15.7 Å². The van der Waals surface area contributed by atoms with E-state index in [9.17, 15) is 0 Å². The van der Waals surface area contributed by atoms with E-state index in [4.69, 9.17) is 34.7 Å². The third-order valence-corrected chi connectivity index (χ3v) is 3.75. The summed E-state index contributed by atoms with van der Waals surface area (Å²) in [6.45, 7) is 0. The van der Waals surface area contributed by atoms with Crippen LogP contribution in [-0.4, -0.2) is 20.2 Å². The Morgan fingerprint density at radius 3 is 2.62 bits per heavy atom. The molecule has 1 heterocycles. The Balaban J connectivity index is 2.20. The van der Waals surface area contributed by atoms with E-state index in [0.717, 1.165) is 0 Å². The van der Waals surface area contributed by atoms with Crippen molar-refractivity contribution >= 4 is 34.6 Å². The van der Waals surface area contributed by atoms with Crippen LogP contribution in [0.2, 0.25) is 10.0 Å². The number of tetrazole rings is 1. The molecular formula is C13H10Cl2N6. The zero-order valence-corrected chi connectivity index (χ0v) is 12.2. The number of nitrogens with zero attached hydrogens (tertiary/aromatic N) is 4. The van der Waals surface area contributed by atoms with Crippen LogP contribution >= 0.6 is 23.2 Å². The van der Waals surface area contributed by atoms with Gasteiger partial charge < -0.3 is 11.5 Å². The Bertz CT molecular complexity index is 814. The van der Waals surface area contributed by atoms with Crippen molar-refractivity contribution in [3.8, 4) is 17.1 Å². The van der Waals surface area contributed by atoms with Gasteiger partial charge in [-0.1, -0.05) is 29.3 Å². The molecule has 0 radical (unpaired) electrons. The fourth-order valence-electron chi connectivity index (χ4n) is 1.96. The Labute approximate surface area is 130 Å². The molecule has 1 aromatic heterocycles. The molecular weight excluding hydrogens is 311 g/mol. The Kier molecular flexibility index (Phi) is 3.40.